The maximum Gasteiger partial charge on any atom is 0.242 e. The van der Waals surface area contributed by atoms with Gasteiger partial charge in [0.05, 0.1) is 5.56 Å². The molecular formula is C11H15FO2Si. The number of hydrogen-bond donors (Lipinski definition) is 0. The van der Waals surface area contributed by atoms with Gasteiger partial charge in [-0.3, -0.25) is 4.79 Å². The molecule has 0 aliphatic rings. The molecule has 0 N–H and O–H groups in total. The maximum absolute atomic E-state index is 13.4. The van der Waals surface area contributed by atoms with Gasteiger partial charge in [0.2, 0.25) is 8.32 Å². The number of benzene rings is 1. The minimum atomic E-state index is -1.72. The first kappa shape index (κ1) is 11.9. The van der Waals surface area contributed by atoms with E-state index in [0.717, 1.165) is 0 Å². The molecule has 1 aromatic rings. The Morgan fingerprint density at radius 3 is 2.33 bits per heavy atom. The van der Waals surface area contributed by atoms with E-state index in [1.165, 1.54) is 19.1 Å². The van der Waals surface area contributed by atoms with Crippen molar-refractivity contribution in [2.75, 3.05) is 0 Å². The molecule has 0 aliphatic carbocycles. The third-order valence-corrected chi connectivity index (χ3v) is 2.59. The summed E-state index contributed by atoms with van der Waals surface area (Å²) in [5.74, 6) is -0.290. The standard InChI is InChI=1S/C11H15FO2Si/c1-8(13)10-6-5-9(7-11(10)12)14-15(2,3)4/h5-7H,1-4H3. The van der Waals surface area contributed by atoms with Gasteiger partial charge in [-0.2, -0.15) is 0 Å². The average molecular weight is 226 g/mol. The van der Waals surface area contributed by atoms with E-state index in [0.29, 0.717) is 5.75 Å². The summed E-state index contributed by atoms with van der Waals surface area (Å²) in [5, 5.41) is 0. The predicted molar refractivity (Wildman–Crippen MR) is 60.4 cm³/mol. The minimum Gasteiger partial charge on any atom is -0.544 e. The molecule has 2 nitrogen and oxygen atoms in total. The van der Waals surface area contributed by atoms with Gasteiger partial charge in [0.25, 0.3) is 0 Å². The summed E-state index contributed by atoms with van der Waals surface area (Å²) in [6.07, 6.45) is 0. The van der Waals surface area contributed by atoms with Crippen molar-refractivity contribution in [3.05, 3.63) is 29.6 Å². The highest BCUT2D eigenvalue weighted by Gasteiger charge is 2.17. The smallest absolute Gasteiger partial charge is 0.242 e. The lowest BCUT2D eigenvalue weighted by Crippen LogP contribution is -2.29. The molecule has 0 bridgehead atoms. The van der Waals surface area contributed by atoms with Gasteiger partial charge in [0, 0.05) is 6.07 Å². The first-order chi connectivity index (χ1) is 6.79. The Morgan fingerprint density at radius 1 is 1.33 bits per heavy atom. The Bertz CT molecular complexity index is 383. The van der Waals surface area contributed by atoms with Crippen molar-refractivity contribution in [2.45, 2.75) is 26.6 Å². The van der Waals surface area contributed by atoms with E-state index < -0.39 is 14.1 Å². The maximum atomic E-state index is 13.4. The van der Waals surface area contributed by atoms with Gasteiger partial charge < -0.3 is 4.43 Å². The largest absolute Gasteiger partial charge is 0.544 e. The van der Waals surface area contributed by atoms with Crippen molar-refractivity contribution in [3.63, 3.8) is 0 Å². The van der Waals surface area contributed by atoms with Gasteiger partial charge in [-0.1, -0.05) is 0 Å². The Hall–Kier alpha value is -1.16. The van der Waals surface area contributed by atoms with E-state index >= 15 is 0 Å². The zero-order chi connectivity index (χ0) is 11.6. The van der Waals surface area contributed by atoms with Crippen LogP contribution in [-0.2, 0) is 0 Å². The number of Topliss-reactive ketones (excluding diaryl/α,β-unsaturated/α-hetero) is 1. The zero-order valence-electron chi connectivity index (χ0n) is 9.43. The second-order valence-corrected chi connectivity index (χ2v) is 8.84. The van der Waals surface area contributed by atoms with E-state index in [1.807, 2.05) is 19.6 Å². The third-order valence-electron chi connectivity index (χ3n) is 1.74. The van der Waals surface area contributed by atoms with E-state index in [1.54, 1.807) is 6.07 Å². The molecule has 0 aromatic heterocycles. The van der Waals surface area contributed by atoms with Crippen molar-refractivity contribution < 1.29 is 13.6 Å². The van der Waals surface area contributed by atoms with Gasteiger partial charge in [-0.15, -0.1) is 0 Å². The van der Waals surface area contributed by atoms with Crippen LogP contribution in [0.2, 0.25) is 19.6 Å². The Kier molecular flexibility index (Phi) is 3.29. The van der Waals surface area contributed by atoms with Crippen LogP contribution in [0, 0.1) is 5.82 Å². The molecule has 0 fully saturated rings. The number of rotatable bonds is 3. The molecule has 0 spiro atoms. The minimum absolute atomic E-state index is 0.109. The number of hydrogen-bond acceptors (Lipinski definition) is 2. The van der Waals surface area contributed by atoms with Crippen molar-refractivity contribution >= 4 is 14.1 Å². The summed E-state index contributed by atoms with van der Waals surface area (Å²) in [5.41, 5.74) is 0.109. The molecule has 0 heterocycles. The van der Waals surface area contributed by atoms with E-state index in [-0.39, 0.29) is 11.3 Å². The van der Waals surface area contributed by atoms with Gasteiger partial charge in [0.15, 0.2) is 5.78 Å². The van der Waals surface area contributed by atoms with E-state index in [2.05, 4.69) is 0 Å². The number of halogens is 1. The van der Waals surface area contributed by atoms with Crippen molar-refractivity contribution in [1.29, 1.82) is 0 Å². The highest BCUT2D eigenvalue weighted by molar-refractivity contribution is 6.70. The molecule has 82 valence electrons. The average Bonchev–Trinajstić information content (AvgIpc) is 1.99. The van der Waals surface area contributed by atoms with Gasteiger partial charge in [-0.05, 0) is 38.7 Å². The molecule has 0 radical (unpaired) electrons. The highest BCUT2D eigenvalue weighted by atomic mass is 28.4. The van der Waals surface area contributed by atoms with Crippen LogP contribution < -0.4 is 4.43 Å². The Labute approximate surface area is 90.2 Å². The summed E-state index contributed by atoms with van der Waals surface area (Å²) in [7, 11) is -1.72. The number of carbonyl (C=O) groups is 1. The lowest BCUT2D eigenvalue weighted by molar-refractivity contribution is 0.101. The summed E-state index contributed by atoms with van der Waals surface area (Å²) in [6.45, 7) is 7.40. The summed E-state index contributed by atoms with van der Waals surface area (Å²) >= 11 is 0. The number of ketones is 1. The molecule has 15 heavy (non-hydrogen) atoms. The zero-order valence-corrected chi connectivity index (χ0v) is 10.4. The van der Waals surface area contributed by atoms with Crippen LogP contribution in [0.15, 0.2) is 18.2 Å². The van der Waals surface area contributed by atoms with Crippen LogP contribution in [0.25, 0.3) is 0 Å². The van der Waals surface area contributed by atoms with Crippen LogP contribution in [0.1, 0.15) is 17.3 Å². The van der Waals surface area contributed by atoms with E-state index in [4.69, 9.17) is 4.43 Å². The fourth-order valence-corrected chi connectivity index (χ4v) is 2.03. The normalized spacial score (nSPS) is 11.3. The summed E-state index contributed by atoms with van der Waals surface area (Å²) in [4.78, 5) is 11.0. The molecule has 4 heteroatoms. The molecule has 0 unspecified atom stereocenters. The molecule has 0 amide bonds. The Morgan fingerprint density at radius 2 is 1.93 bits per heavy atom. The van der Waals surface area contributed by atoms with Crippen molar-refractivity contribution in [3.8, 4) is 5.75 Å². The SMILES string of the molecule is CC(=O)c1ccc(O[Si](C)(C)C)cc1F. The first-order valence-electron chi connectivity index (χ1n) is 4.79. The summed E-state index contributed by atoms with van der Waals surface area (Å²) < 4.78 is 19.0. The van der Waals surface area contributed by atoms with Crippen molar-refractivity contribution in [2.24, 2.45) is 0 Å². The van der Waals surface area contributed by atoms with Gasteiger partial charge in [0.1, 0.15) is 11.6 Å². The lowest BCUT2D eigenvalue weighted by atomic mass is 10.1. The molecule has 0 saturated carbocycles. The highest BCUT2D eigenvalue weighted by Crippen LogP contribution is 2.20. The van der Waals surface area contributed by atoms with Crippen LogP contribution >= 0.6 is 0 Å². The quantitative estimate of drug-likeness (QED) is 0.584. The topological polar surface area (TPSA) is 26.3 Å². The molecule has 0 aliphatic heterocycles. The molecule has 1 rings (SSSR count). The molecule has 1 aromatic carbocycles. The van der Waals surface area contributed by atoms with Crippen LogP contribution in [0.3, 0.4) is 0 Å². The van der Waals surface area contributed by atoms with Crippen molar-refractivity contribution in [1.82, 2.24) is 0 Å². The molecular weight excluding hydrogens is 211 g/mol. The monoisotopic (exact) mass is 226 g/mol. The third kappa shape index (κ3) is 3.47. The van der Waals surface area contributed by atoms with Gasteiger partial charge >= 0.3 is 0 Å². The summed E-state index contributed by atoms with van der Waals surface area (Å²) in [6, 6.07) is 4.38. The van der Waals surface area contributed by atoms with Crippen LogP contribution in [0.5, 0.6) is 5.75 Å². The first-order valence-corrected chi connectivity index (χ1v) is 8.20. The molecule has 0 saturated heterocycles. The van der Waals surface area contributed by atoms with Gasteiger partial charge in [-0.25, -0.2) is 4.39 Å². The van der Waals surface area contributed by atoms with Crippen LogP contribution in [-0.4, -0.2) is 14.1 Å². The number of carbonyl (C=O) groups excluding carboxylic acids is 1. The fraction of sp³-hybridized carbons (Fsp3) is 0.364. The second-order valence-electron chi connectivity index (χ2n) is 4.41. The van der Waals surface area contributed by atoms with E-state index in [9.17, 15) is 9.18 Å². The second kappa shape index (κ2) is 4.14. The Balaban J connectivity index is 2.97. The van der Waals surface area contributed by atoms with Crippen LogP contribution in [0.4, 0.5) is 4.39 Å². The predicted octanol–water partition coefficient (Wildman–Crippen LogP) is 3.24. The molecule has 0 atom stereocenters. The lowest BCUT2D eigenvalue weighted by Gasteiger charge is -2.19. The fourth-order valence-electron chi connectivity index (χ4n) is 1.20.